The highest BCUT2D eigenvalue weighted by atomic mass is 19.1. The van der Waals surface area contributed by atoms with Crippen LogP contribution in [0.5, 0.6) is 0 Å². The molecule has 0 atom stereocenters. The molecule has 0 aliphatic carbocycles. The fourth-order valence-electron chi connectivity index (χ4n) is 1.27. The third-order valence-corrected chi connectivity index (χ3v) is 1.96. The number of aromatic amines is 1. The third kappa shape index (κ3) is 1.15. The maximum absolute atomic E-state index is 12.8. The lowest BCUT2D eigenvalue weighted by Gasteiger charge is -1.97. The van der Waals surface area contributed by atoms with Crippen LogP contribution in [-0.2, 0) is 0 Å². The normalized spacial score (nSPS) is 10.0. The molecular formula is C10H5FN2O. The first-order chi connectivity index (χ1) is 6.72. The highest BCUT2D eigenvalue weighted by Gasteiger charge is 2.04. The molecule has 0 aliphatic heterocycles. The Morgan fingerprint density at radius 3 is 2.93 bits per heavy atom. The van der Waals surface area contributed by atoms with Crippen LogP contribution >= 0.6 is 0 Å². The molecule has 1 N–H and O–H groups in total. The summed E-state index contributed by atoms with van der Waals surface area (Å²) < 4.78 is 12.8. The molecule has 1 aromatic heterocycles. The molecule has 2 rings (SSSR count). The monoisotopic (exact) mass is 188 g/mol. The van der Waals surface area contributed by atoms with Crippen molar-refractivity contribution < 1.29 is 4.39 Å². The number of hydrogen-bond donors (Lipinski definition) is 1. The Morgan fingerprint density at radius 2 is 2.21 bits per heavy atom. The fraction of sp³-hybridized carbons (Fsp3) is 0. The first kappa shape index (κ1) is 8.45. The molecule has 14 heavy (non-hydrogen) atoms. The average molecular weight is 188 g/mol. The Labute approximate surface area is 78.4 Å². The van der Waals surface area contributed by atoms with Gasteiger partial charge in [-0.25, -0.2) is 4.39 Å². The molecule has 0 unspecified atom stereocenters. The summed E-state index contributed by atoms with van der Waals surface area (Å²) in [5.74, 6) is -0.488. The predicted octanol–water partition coefficient (Wildman–Crippen LogP) is 1.54. The first-order valence-corrected chi connectivity index (χ1v) is 3.93. The summed E-state index contributed by atoms with van der Waals surface area (Å²) in [6, 6.07) is 5.58. The van der Waals surface area contributed by atoms with Crippen molar-refractivity contribution in [3.8, 4) is 6.07 Å². The lowest BCUT2D eigenvalue weighted by molar-refractivity contribution is 0.629. The van der Waals surface area contributed by atoms with E-state index in [0.717, 1.165) is 6.07 Å². The SMILES string of the molecule is N#Cc1c[nH]c2ccc(F)cc2c1=O. The molecule has 0 bridgehead atoms. The maximum Gasteiger partial charge on any atom is 0.207 e. The predicted molar refractivity (Wildman–Crippen MR) is 49.2 cm³/mol. The molecule has 0 fully saturated rings. The van der Waals surface area contributed by atoms with Gasteiger partial charge in [-0.15, -0.1) is 0 Å². The van der Waals surface area contributed by atoms with Crippen LogP contribution < -0.4 is 5.43 Å². The molecule has 0 saturated carbocycles. The van der Waals surface area contributed by atoms with E-state index in [-0.39, 0.29) is 10.9 Å². The minimum Gasteiger partial charge on any atom is -0.360 e. The van der Waals surface area contributed by atoms with Crippen LogP contribution in [0, 0.1) is 17.1 Å². The van der Waals surface area contributed by atoms with E-state index in [9.17, 15) is 9.18 Å². The van der Waals surface area contributed by atoms with Crippen molar-refractivity contribution >= 4 is 10.9 Å². The Kier molecular flexibility index (Phi) is 1.79. The smallest absolute Gasteiger partial charge is 0.207 e. The van der Waals surface area contributed by atoms with E-state index in [4.69, 9.17) is 5.26 Å². The molecule has 0 aliphatic rings. The number of pyridine rings is 1. The molecule has 0 spiro atoms. The van der Waals surface area contributed by atoms with Crippen LogP contribution in [0.25, 0.3) is 10.9 Å². The number of aromatic nitrogens is 1. The molecule has 0 radical (unpaired) electrons. The Balaban J connectivity index is 2.96. The fourth-order valence-corrected chi connectivity index (χ4v) is 1.27. The van der Waals surface area contributed by atoms with Gasteiger partial charge >= 0.3 is 0 Å². The van der Waals surface area contributed by atoms with Crippen LogP contribution in [-0.4, -0.2) is 4.98 Å². The van der Waals surface area contributed by atoms with Gasteiger partial charge in [-0.05, 0) is 18.2 Å². The van der Waals surface area contributed by atoms with Gasteiger partial charge in [0.25, 0.3) is 0 Å². The van der Waals surface area contributed by atoms with Crippen molar-refractivity contribution in [3.63, 3.8) is 0 Å². The lowest BCUT2D eigenvalue weighted by Crippen LogP contribution is -2.07. The number of fused-ring (bicyclic) bond motifs is 1. The number of benzene rings is 1. The standard InChI is InChI=1S/C10H5FN2O/c11-7-1-2-9-8(3-7)10(14)6(4-12)5-13-9/h1-3,5H,(H,13,14). The summed E-state index contributed by atoms with van der Waals surface area (Å²) >= 11 is 0. The number of halogens is 1. The van der Waals surface area contributed by atoms with Crippen LogP contribution in [0.15, 0.2) is 29.2 Å². The van der Waals surface area contributed by atoms with Crippen LogP contribution in [0.3, 0.4) is 0 Å². The molecule has 1 aromatic carbocycles. The zero-order valence-corrected chi connectivity index (χ0v) is 7.04. The summed E-state index contributed by atoms with van der Waals surface area (Å²) in [4.78, 5) is 14.3. The highest BCUT2D eigenvalue weighted by molar-refractivity contribution is 5.79. The van der Waals surface area contributed by atoms with E-state index in [1.54, 1.807) is 6.07 Å². The van der Waals surface area contributed by atoms with Crippen LogP contribution in [0.1, 0.15) is 5.56 Å². The summed E-state index contributed by atoms with van der Waals surface area (Å²) in [6.07, 6.45) is 1.32. The van der Waals surface area contributed by atoms with Gasteiger partial charge in [0.15, 0.2) is 0 Å². The third-order valence-electron chi connectivity index (χ3n) is 1.96. The topological polar surface area (TPSA) is 56.6 Å². The van der Waals surface area contributed by atoms with Gasteiger partial charge in [-0.3, -0.25) is 4.79 Å². The van der Waals surface area contributed by atoms with Crippen molar-refractivity contribution in [1.82, 2.24) is 4.98 Å². The van der Waals surface area contributed by atoms with E-state index in [1.165, 1.54) is 18.3 Å². The highest BCUT2D eigenvalue weighted by Crippen LogP contribution is 2.09. The van der Waals surface area contributed by atoms with E-state index in [2.05, 4.69) is 4.98 Å². The quantitative estimate of drug-likeness (QED) is 0.681. The van der Waals surface area contributed by atoms with Gasteiger partial charge in [0.2, 0.25) is 5.43 Å². The van der Waals surface area contributed by atoms with Gasteiger partial charge in [0.1, 0.15) is 17.4 Å². The summed E-state index contributed by atoms with van der Waals surface area (Å²) in [5.41, 5.74) is 0.0688. The molecule has 0 saturated heterocycles. The number of nitrogens with one attached hydrogen (secondary N) is 1. The zero-order valence-electron chi connectivity index (χ0n) is 7.04. The average Bonchev–Trinajstić information content (AvgIpc) is 2.20. The Bertz CT molecular complexity index is 595. The lowest BCUT2D eigenvalue weighted by atomic mass is 10.1. The van der Waals surface area contributed by atoms with E-state index in [0.29, 0.717) is 5.52 Å². The number of nitriles is 1. The van der Waals surface area contributed by atoms with Crippen LogP contribution in [0.4, 0.5) is 4.39 Å². The van der Waals surface area contributed by atoms with E-state index in [1.807, 2.05) is 0 Å². The van der Waals surface area contributed by atoms with Gasteiger partial charge in [0.05, 0.1) is 0 Å². The van der Waals surface area contributed by atoms with Crippen molar-refractivity contribution in [2.75, 3.05) is 0 Å². The van der Waals surface area contributed by atoms with Gasteiger partial charge in [0, 0.05) is 17.1 Å². The molecular weight excluding hydrogens is 183 g/mol. The Hall–Kier alpha value is -2.15. The first-order valence-electron chi connectivity index (χ1n) is 3.93. The van der Waals surface area contributed by atoms with Crippen molar-refractivity contribution in [2.45, 2.75) is 0 Å². The van der Waals surface area contributed by atoms with E-state index >= 15 is 0 Å². The molecule has 1 heterocycles. The van der Waals surface area contributed by atoms with Crippen molar-refractivity contribution in [1.29, 1.82) is 5.26 Å². The number of rotatable bonds is 0. The molecule has 3 nitrogen and oxygen atoms in total. The molecule has 4 heteroatoms. The van der Waals surface area contributed by atoms with Crippen molar-refractivity contribution in [2.24, 2.45) is 0 Å². The second-order valence-electron chi connectivity index (χ2n) is 2.83. The second-order valence-corrected chi connectivity index (χ2v) is 2.83. The number of nitrogens with zero attached hydrogens (tertiary/aromatic N) is 1. The molecule has 68 valence electrons. The molecule has 0 amide bonds. The van der Waals surface area contributed by atoms with Crippen LogP contribution in [0.2, 0.25) is 0 Å². The number of H-pyrrole nitrogens is 1. The minimum absolute atomic E-state index is 0.0110. The second kappa shape index (κ2) is 2.96. The Morgan fingerprint density at radius 1 is 1.43 bits per heavy atom. The van der Waals surface area contributed by atoms with Gasteiger partial charge in [-0.1, -0.05) is 0 Å². The van der Waals surface area contributed by atoms with Crippen molar-refractivity contribution in [3.05, 3.63) is 46.0 Å². The van der Waals surface area contributed by atoms with E-state index < -0.39 is 11.2 Å². The minimum atomic E-state index is -0.488. The van der Waals surface area contributed by atoms with Gasteiger partial charge in [-0.2, -0.15) is 5.26 Å². The largest absolute Gasteiger partial charge is 0.360 e. The number of hydrogen-bond acceptors (Lipinski definition) is 2. The summed E-state index contributed by atoms with van der Waals surface area (Å²) in [6.45, 7) is 0. The summed E-state index contributed by atoms with van der Waals surface area (Å²) in [5, 5.41) is 8.78. The summed E-state index contributed by atoms with van der Waals surface area (Å²) in [7, 11) is 0. The molecule has 2 aromatic rings. The maximum atomic E-state index is 12.8. The van der Waals surface area contributed by atoms with Gasteiger partial charge < -0.3 is 4.98 Å². The zero-order chi connectivity index (χ0) is 10.1.